The van der Waals surface area contributed by atoms with Gasteiger partial charge in [-0.25, -0.2) is 0 Å². The van der Waals surface area contributed by atoms with Gasteiger partial charge in [0.1, 0.15) is 5.82 Å². The van der Waals surface area contributed by atoms with Crippen LogP contribution in [0.5, 0.6) is 5.88 Å². The van der Waals surface area contributed by atoms with Crippen molar-refractivity contribution in [1.29, 1.82) is 0 Å². The van der Waals surface area contributed by atoms with Gasteiger partial charge in [0, 0.05) is 11.0 Å². The highest BCUT2D eigenvalue weighted by atomic mass is 79.9. The topological polar surface area (TPSA) is 60.2 Å². The Morgan fingerprint density at radius 3 is 2.71 bits per heavy atom. The lowest BCUT2D eigenvalue weighted by atomic mass is 10.2. The van der Waals surface area contributed by atoms with Gasteiger partial charge in [0.2, 0.25) is 5.88 Å². The number of nitrogens with zero attached hydrogens (tertiary/aromatic N) is 1. The van der Waals surface area contributed by atoms with Crippen LogP contribution in [0.1, 0.15) is 19.4 Å². The van der Waals surface area contributed by atoms with Crippen molar-refractivity contribution in [2.45, 2.75) is 20.4 Å². The van der Waals surface area contributed by atoms with E-state index in [-0.39, 0.29) is 0 Å². The molecule has 0 bridgehead atoms. The molecule has 2 aromatic rings. The number of benzene rings is 1. The fourth-order valence-corrected chi connectivity index (χ4v) is 2.16. The number of nitrogen functional groups attached to an aromatic ring is 1. The van der Waals surface area contributed by atoms with Crippen molar-refractivity contribution in [2.75, 3.05) is 17.7 Å². The third kappa shape index (κ3) is 4.63. The van der Waals surface area contributed by atoms with E-state index in [4.69, 9.17) is 10.5 Å². The third-order valence-corrected chi connectivity index (χ3v) is 3.63. The molecule has 0 aliphatic rings. The maximum Gasteiger partial charge on any atom is 0.239 e. The molecule has 0 saturated carbocycles. The van der Waals surface area contributed by atoms with Crippen LogP contribution in [0.3, 0.4) is 0 Å². The highest BCUT2D eigenvalue weighted by Gasteiger charge is 2.06. The molecule has 0 aliphatic carbocycles. The Kier molecular flexibility index (Phi) is 5.44. The molecule has 2 rings (SSSR count). The summed E-state index contributed by atoms with van der Waals surface area (Å²) in [5.74, 6) is 1.67. The summed E-state index contributed by atoms with van der Waals surface area (Å²) in [4.78, 5) is 4.42. The van der Waals surface area contributed by atoms with Crippen LogP contribution in [0.15, 0.2) is 40.9 Å². The summed E-state index contributed by atoms with van der Waals surface area (Å²) in [7, 11) is 0. The molecule has 0 radical (unpaired) electrons. The maximum atomic E-state index is 5.88. The summed E-state index contributed by atoms with van der Waals surface area (Å²) in [6.45, 7) is 5.46. The van der Waals surface area contributed by atoms with Crippen molar-refractivity contribution in [3.05, 3.63) is 46.4 Å². The summed E-state index contributed by atoms with van der Waals surface area (Å²) in [5, 5.41) is 3.28. The molecule has 3 N–H and O–H groups in total. The van der Waals surface area contributed by atoms with E-state index in [2.05, 4.69) is 46.1 Å². The molecule has 0 fully saturated rings. The molecule has 21 heavy (non-hydrogen) atoms. The molecule has 4 nitrogen and oxygen atoms in total. The van der Waals surface area contributed by atoms with E-state index in [0.29, 0.717) is 30.6 Å². The minimum Gasteiger partial charge on any atom is -0.476 e. The maximum absolute atomic E-state index is 5.88. The number of nitrogens with one attached hydrogen (secondary N) is 1. The predicted octanol–water partition coefficient (Wildman–Crippen LogP) is 4.07. The molecular weight excluding hydrogens is 330 g/mol. The van der Waals surface area contributed by atoms with Crippen LogP contribution >= 0.6 is 15.9 Å². The summed E-state index contributed by atoms with van der Waals surface area (Å²) < 4.78 is 6.70. The molecule has 0 spiro atoms. The van der Waals surface area contributed by atoms with Gasteiger partial charge in [0.25, 0.3) is 0 Å². The quantitative estimate of drug-likeness (QED) is 0.824. The number of ether oxygens (including phenoxy) is 1. The number of pyridine rings is 1. The normalized spacial score (nSPS) is 10.7. The highest BCUT2D eigenvalue weighted by Crippen LogP contribution is 2.22. The van der Waals surface area contributed by atoms with Gasteiger partial charge in [0.15, 0.2) is 0 Å². The van der Waals surface area contributed by atoms with E-state index in [0.717, 1.165) is 10.3 Å². The van der Waals surface area contributed by atoms with Crippen molar-refractivity contribution < 1.29 is 4.74 Å². The van der Waals surface area contributed by atoms with E-state index in [1.54, 1.807) is 0 Å². The van der Waals surface area contributed by atoms with Crippen molar-refractivity contribution in [3.63, 3.8) is 0 Å². The number of nitrogens with two attached hydrogens (primary N) is 1. The first-order chi connectivity index (χ1) is 10.1. The van der Waals surface area contributed by atoms with Gasteiger partial charge in [0.05, 0.1) is 12.3 Å². The van der Waals surface area contributed by atoms with Crippen LogP contribution in [0.2, 0.25) is 0 Å². The third-order valence-electron chi connectivity index (χ3n) is 2.86. The zero-order valence-corrected chi connectivity index (χ0v) is 13.9. The zero-order chi connectivity index (χ0) is 15.2. The first-order valence-electron chi connectivity index (χ1n) is 6.93. The van der Waals surface area contributed by atoms with E-state index in [9.17, 15) is 0 Å². The highest BCUT2D eigenvalue weighted by molar-refractivity contribution is 9.10. The lowest BCUT2D eigenvalue weighted by Gasteiger charge is -2.12. The predicted molar refractivity (Wildman–Crippen MR) is 90.5 cm³/mol. The molecule has 0 aliphatic heterocycles. The Hall–Kier alpha value is -1.75. The van der Waals surface area contributed by atoms with Crippen molar-refractivity contribution in [3.8, 4) is 5.88 Å². The van der Waals surface area contributed by atoms with Gasteiger partial charge < -0.3 is 15.8 Å². The fraction of sp³-hybridized carbons (Fsp3) is 0.312. The standard InChI is InChI=1S/C16H20BrN3O/c1-11(2)10-21-16-14(18)7-8-15(20-16)19-9-12-5-3-4-6-13(12)17/h3-8,11H,9-10,18H2,1-2H3,(H,19,20). The first kappa shape index (κ1) is 15.6. The Morgan fingerprint density at radius 2 is 2.00 bits per heavy atom. The molecule has 0 unspecified atom stereocenters. The lowest BCUT2D eigenvalue weighted by Crippen LogP contribution is -2.09. The van der Waals surface area contributed by atoms with Crippen LogP contribution in [-0.4, -0.2) is 11.6 Å². The summed E-state index contributed by atoms with van der Waals surface area (Å²) in [6, 6.07) is 11.7. The van der Waals surface area contributed by atoms with Gasteiger partial charge in [-0.3, -0.25) is 0 Å². The summed E-state index contributed by atoms with van der Waals surface area (Å²) in [6.07, 6.45) is 0. The SMILES string of the molecule is CC(C)COc1nc(NCc2ccccc2Br)ccc1N. The average Bonchev–Trinajstić information content (AvgIpc) is 2.46. The Balaban J connectivity index is 2.03. The molecule has 5 heteroatoms. The van der Waals surface area contributed by atoms with Gasteiger partial charge in [-0.15, -0.1) is 0 Å². The Morgan fingerprint density at radius 1 is 1.24 bits per heavy atom. The smallest absolute Gasteiger partial charge is 0.239 e. The van der Waals surface area contributed by atoms with Gasteiger partial charge in [-0.1, -0.05) is 48.0 Å². The van der Waals surface area contributed by atoms with Crippen molar-refractivity contribution >= 4 is 27.4 Å². The van der Waals surface area contributed by atoms with Crippen molar-refractivity contribution in [2.24, 2.45) is 5.92 Å². The van der Waals surface area contributed by atoms with Crippen LogP contribution < -0.4 is 15.8 Å². The summed E-state index contributed by atoms with van der Waals surface area (Å²) in [5.41, 5.74) is 7.61. The second kappa shape index (κ2) is 7.31. The molecule has 1 aromatic heterocycles. The van der Waals surface area contributed by atoms with Gasteiger partial charge in [-0.2, -0.15) is 4.98 Å². The first-order valence-corrected chi connectivity index (χ1v) is 7.72. The monoisotopic (exact) mass is 349 g/mol. The van der Waals surface area contributed by atoms with E-state index in [1.165, 1.54) is 5.56 Å². The minimum absolute atomic E-state index is 0.433. The van der Waals surface area contributed by atoms with E-state index < -0.39 is 0 Å². The molecule has 0 amide bonds. The summed E-state index contributed by atoms with van der Waals surface area (Å²) >= 11 is 3.53. The molecule has 112 valence electrons. The van der Waals surface area contributed by atoms with Crippen molar-refractivity contribution in [1.82, 2.24) is 4.98 Å². The van der Waals surface area contributed by atoms with Gasteiger partial charge in [-0.05, 0) is 29.7 Å². The average molecular weight is 350 g/mol. The van der Waals surface area contributed by atoms with E-state index in [1.807, 2.05) is 30.3 Å². The molecule has 1 heterocycles. The Labute approximate surface area is 133 Å². The van der Waals surface area contributed by atoms with Crippen LogP contribution in [0.25, 0.3) is 0 Å². The number of aromatic nitrogens is 1. The van der Waals surface area contributed by atoms with Crippen LogP contribution in [-0.2, 0) is 6.54 Å². The minimum atomic E-state index is 0.433. The number of halogens is 1. The second-order valence-electron chi connectivity index (χ2n) is 5.24. The number of rotatable bonds is 6. The lowest BCUT2D eigenvalue weighted by molar-refractivity contribution is 0.263. The van der Waals surface area contributed by atoms with Crippen LogP contribution in [0.4, 0.5) is 11.5 Å². The number of anilines is 2. The second-order valence-corrected chi connectivity index (χ2v) is 6.10. The molecule has 1 aromatic carbocycles. The molecular formula is C16H20BrN3O. The largest absolute Gasteiger partial charge is 0.476 e. The molecule has 0 atom stereocenters. The number of hydrogen-bond donors (Lipinski definition) is 2. The number of hydrogen-bond acceptors (Lipinski definition) is 4. The van der Waals surface area contributed by atoms with E-state index >= 15 is 0 Å². The van der Waals surface area contributed by atoms with Crippen LogP contribution in [0, 0.1) is 5.92 Å². The van der Waals surface area contributed by atoms with Gasteiger partial charge >= 0.3 is 0 Å². The zero-order valence-electron chi connectivity index (χ0n) is 12.3. The fourth-order valence-electron chi connectivity index (χ4n) is 1.74. The Bertz CT molecular complexity index is 602. The molecule has 0 saturated heterocycles.